The van der Waals surface area contributed by atoms with E-state index in [0.29, 0.717) is 12.5 Å². The number of aliphatic hydroxyl groups is 1. The van der Waals surface area contributed by atoms with Crippen molar-refractivity contribution in [3.8, 4) is 0 Å². The molecule has 0 amide bonds. The Labute approximate surface area is 110 Å². The Hall–Kier alpha value is -0.170. The quantitative estimate of drug-likeness (QED) is 0.676. The number of aliphatic hydroxyl groups excluding tert-OH is 1. The van der Waals surface area contributed by atoms with Gasteiger partial charge in [0.15, 0.2) is 0 Å². The predicted molar refractivity (Wildman–Crippen MR) is 73.2 cm³/mol. The van der Waals surface area contributed by atoms with Crippen LogP contribution >= 0.6 is 0 Å². The molecule has 1 saturated carbocycles. The maximum absolute atomic E-state index is 11.1. The lowest BCUT2D eigenvalue weighted by Crippen LogP contribution is -2.47. The fraction of sp³-hybridized carbons (Fsp3) is 1.00. The highest BCUT2D eigenvalue weighted by atomic mass is 32.2. The maximum Gasteiger partial charge on any atom is 0.148 e. The molecule has 1 rings (SSSR count). The van der Waals surface area contributed by atoms with E-state index in [1.54, 1.807) is 0 Å². The molecule has 0 spiro atoms. The van der Waals surface area contributed by atoms with Crippen molar-refractivity contribution in [2.45, 2.75) is 31.2 Å². The van der Waals surface area contributed by atoms with E-state index in [1.807, 2.05) is 11.9 Å². The molecular formula is C12H26N2O3S. The second kappa shape index (κ2) is 6.32. The van der Waals surface area contributed by atoms with Crippen LogP contribution in [0.4, 0.5) is 0 Å². The molecule has 1 aliphatic carbocycles. The lowest BCUT2D eigenvalue weighted by molar-refractivity contribution is 0.148. The van der Waals surface area contributed by atoms with E-state index < -0.39 is 15.4 Å². The summed E-state index contributed by atoms with van der Waals surface area (Å²) in [5.41, 5.74) is 5.75. The third-order valence-corrected chi connectivity index (χ3v) is 4.93. The molecule has 5 nitrogen and oxygen atoms in total. The molecule has 2 atom stereocenters. The zero-order chi connectivity index (χ0) is 13.8. The molecule has 0 aromatic carbocycles. The van der Waals surface area contributed by atoms with Crippen LogP contribution in [0.3, 0.4) is 0 Å². The fourth-order valence-electron chi connectivity index (χ4n) is 2.62. The Morgan fingerprint density at radius 3 is 2.67 bits per heavy atom. The van der Waals surface area contributed by atoms with E-state index in [0.717, 1.165) is 32.2 Å². The minimum absolute atomic E-state index is 0.0463. The summed E-state index contributed by atoms with van der Waals surface area (Å²) in [6.45, 7) is 1.44. The topological polar surface area (TPSA) is 83.6 Å². The van der Waals surface area contributed by atoms with Crippen molar-refractivity contribution < 1.29 is 13.5 Å². The van der Waals surface area contributed by atoms with Gasteiger partial charge in [-0.25, -0.2) is 8.42 Å². The van der Waals surface area contributed by atoms with E-state index in [2.05, 4.69) is 0 Å². The van der Waals surface area contributed by atoms with Crippen LogP contribution in [0.15, 0.2) is 0 Å². The van der Waals surface area contributed by atoms with Gasteiger partial charge in [0.2, 0.25) is 0 Å². The second-order valence-electron chi connectivity index (χ2n) is 5.70. The minimum atomic E-state index is -2.89. The third kappa shape index (κ3) is 4.84. The van der Waals surface area contributed by atoms with Crippen LogP contribution in [0.2, 0.25) is 0 Å². The van der Waals surface area contributed by atoms with Crippen LogP contribution in [0, 0.1) is 5.92 Å². The van der Waals surface area contributed by atoms with Gasteiger partial charge in [-0.3, -0.25) is 0 Å². The van der Waals surface area contributed by atoms with Gasteiger partial charge >= 0.3 is 0 Å². The smallest absolute Gasteiger partial charge is 0.148 e. The highest BCUT2D eigenvalue weighted by Gasteiger charge is 2.38. The molecule has 18 heavy (non-hydrogen) atoms. The first-order valence-corrected chi connectivity index (χ1v) is 8.59. The maximum atomic E-state index is 11.1. The van der Waals surface area contributed by atoms with E-state index in [1.165, 1.54) is 6.26 Å². The standard InChI is InChI=1S/C12H26N2O3S/c1-14(8-9-18(2,16)17)7-5-11-4-3-6-12(11,13)10-15/h11,15H,3-10,13H2,1-2H3. The summed E-state index contributed by atoms with van der Waals surface area (Å²) >= 11 is 0. The summed E-state index contributed by atoms with van der Waals surface area (Å²) in [7, 11) is -0.963. The number of hydrogen-bond donors (Lipinski definition) is 2. The Kier molecular flexibility index (Phi) is 5.58. The Bertz CT molecular complexity index is 358. The zero-order valence-corrected chi connectivity index (χ0v) is 12.2. The van der Waals surface area contributed by atoms with Crippen LogP contribution in [0.5, 0.6) is 0 Å². The molecule has 0 saturated heterocycles. The zero-order valence-electron chi connectivity index (χ0n) is 11.4. The Morgan fingerprint density at radius 1 is 1.44 bits per heavy atom. The molecule has 0 bridgehead atoms. The van der Waals surface area contributed by atoms with Gasteiger partial charge in [0.05, 0.1) is 12.4 Å². The average molecular weight is 278 g/mol. The number of hydrogen-bond acceptors (Lipinski definition) is 5. The summed E-state index contributed by atoms with van der Waals surface area (Å²) in [5.74, 6) is 0.547. The van der Waals surface area contributed by atoms with Gasteiger partial charge in [-0.15, -0.1) is 0 Å². The Morgan fingerprint density at radius 2 is 2.11 bits per heavy atom. The molecule has 0 heterocycles. The van der Waals surface area contributed by atoms with Crippen molar-refractivity contribution in [1.82, 2.24) is 4.90 Å². The van der Waals surface area contributed by atoms with Gasteiger partial charge in [-0.05, 0) is 38.8 Å². The summed E-state index contributed by atoms with van der Waals surface area (Å²) in [5, 5.41) is 9.35. The molecule has 0 aromatic rings. The number of nitrogens with two attached hydrogens (primary N) is 1. The monoisotopic (exact) mass is 278 g/mol. The average Bonchev–Trinajstić information content (AvgIpc) is 2.65. The van der Waals surface area contributed by atoms with Crippen LogP contribution in [0.25, 0.3) is 0 Å². The molecule has 6 heteroatoms. The summed E-state index contributed by atoms with van der Waals surface area (Å²) in [6.07, 6.45) is 5.22. The van der Waals surface area contributed by atoms with Gasteiger partial charge < -0.3 is 15.7 Å². The minimum Gasteiger partial charge on any atom is -0.394 e. The first-order chi connectivity index (χ1) is 8.27. The number of sulfone groups is 1. The largest absolute Gasteiger partial charge is 0.394 e. The molecular weight excluding hydrogens is 252 g/mol. The van der Waals surface area contributed by atoms with Crippen molar-refractivity contribution in [3.63, 3.8) is 0 Å². The SMILES string of the molecule is CN(CCC1CCCC1(N)CO)CCS(C)(=O)=O. The lowest BCUT2D eigenvalue weighted by atomic mass is 9.86. The van der Waals surface area contributed by atoms with Crippen molar-refractivity contribution in [2.75, 3.05) is 38.8 Å². The first-order valence-electron chi connectivity index (χ1n) is 6.53. The van der Waals surface area contributed by atoms with Crippen molar-refractivity contribution in [1.29, 1.82) is 0 Å². The third-order valence-electron chi connectivity index (χ3n) is 4.01. The summed E-state index contributed by atoms with van der Waals surface area (Å²) < 4.78 is 22.1. The normalized spacial score (nSPS) is 29.1. The molecule has 108 valence electrons. The van der Waals surface area contributed by atoms with Crippen LogP contribution in [-0.2, 0) is 9.84 Å². The first kappa shape index (κ1) is 15.9. The predicted octanol–water partition coefficient (Wildman–Crippen LogP) is -0.157. The van der Waals surface area contributed by atoms with Crippen molar-refractivity contribution in [3.05, 3.63) is 0 Å². The fourth-order valence-corrected chi connectivity index (χ4v) is 3.26. The summed E-state index contributed by atoms with van der Waals surface area (Å²) in [4.78, 5) is 2.02. The highest BCUT2D eigenvalue weighted by molar-refractivity contribution is 7.90. The summed E-state index contributed by atoms with van der Waals surface area (Å²) in [6, 6.07) is 0. The molecule has 3 N–H and O–H groups in total. The van der Waals surface area contributed by atoms with E-state index >= 15 is 0 Å². The number of nitrogens with zero attached hydrogens (tertiary/aromatic N) is 1. The van der Waals surface area contributed by atoms with Crippen molar-refractivity contribution >= 4 is 9.84 Å². The van der Waals surface area contributed by atoms with Gasteiger partial charge in [0.1, 0.15) is 9.84 Å². The van der Waals surface area contributed by atoms with Crippen LogP contribution in [0.1, 0.15) is 25.7 Å². The second-order valence-corrected chi connectivity index (χ2v) is 7.96. The van der Waals surface area contributed by atoms with Crippen molar-refractivity contribution in [2.24, 2.45) is 11.7 Å². The molecule has 0 aliphatic heterocycles. The van der Waals surface area contributed by atoms with E-state index in [4.69, 9.17) is 5.73 Å². The molecule has 1 fully saturated rings. The van der Waals surface area contributed by atoms with Gasteiger partial charge in [-0.1, -0.05) is 6.42 Å². The number of rotatable bonds is 7. The molecule has 0 radical (unpaired) electrons. The van der Waals surface area contributed by atoms with Crippen LogP contribution < -0.4 is 5.73 Å². The van der Waals surface area contributed by atoms with Crippen LogP contribution in [-0.4, -0.2) is 62.7 Å². The Balaban J connectivity index is 2.32. The lowest BCUT2D eigenvalue weighted by Gasteiger charge is -2.30. The molecule has 1 aliphatic rings. The van der Waals surface area contributed by atoms with Gasteiger partial charge in [0, 0.05) is 18.3 Å². The highest BCUT2D eigenvalue weighted by Crippen LogP contribution is 2.35. The van der Waals surface area contributed by atoms with E-state index in [9.17, 15) is 13.5 Å². The van der Waals surface area contributed by atoms with E-state index in [-0.39, 0.29) is 12.4 Å². The van der Waals surface area contributed by atoms with Gasteiger partial charge in [-0.2, -0.15) is 0 Å². The van der Waals surface area contributed by atoms with Gasteiger partial charge in [0.25, 0.3) is 0 Å². The molecule has 0 aromatic heterocycles. The molecule has 2 unspecified atom stereocenters.